The van der Waals surface area contributed by atoms with Gasteiger partial charge < -0.3 is 10.6 Å². The summed E-state index contributed by atoms with van der Waals surface area (Å²) in [6, 6.07) is 4.23. The zero-order valence-electron chi connectivity index (χ0n) is 15.3. The van der Waals surface area contributed by atoms with Crippen LogP contribution in [0.15, 0.2) is 18.2 Å². The molecule has 2 heterocycles. The van der Waals surface area contributed by atoms with Gasteiger partial charge in [0.25, 0.3) is 11.8 Å². The lowest BCUT2D eigenvalue weighted by Crippen LogP contribution is -2.54. The second-order valence-electron chi connectivity index (χ2n) is 6.71. The second-order valence-corrected chi connectivity index (χ2v) is 6.71. The van der Waals surface area contributed by atoms with Crippen LogP contribution in [0.25, 0.3) is 0 Å². The van der Waals surface area contributed by atoms with Crippen molar-refractivity contribution in [1.29, 1.82) is 0 Å². The Balaban J connectivity index is 1.66. The van der Waals surface area contributed by atoms with E-state index in [1.807, 2.05) is 6.07 Å². The fourth-order valence-corrected chi connectivity index (χ4v) is 3.38. The molecular formula is C19H24N4O4. The number of carbonyl (C=O) groups excluding carboxylic acids is 4. The molecule has 0 saturated carbocycles. The minimum Gasteiger partial charge on any atom is -0.317 e. The van der Waals surface area contributed by atoms with Gasteiger partial charge in [0, 0.05) is 13.0 Å². The van der Waals surface area contributed by atoms with E-state index in [-0.39, 0.29) is 18.7 Å². The number of nitrogens with one attached hydrogen (secondary N) is 3. The van der Waals surface area contributed by atoms with Crippen molar-refractivity contribution in [3.8, 4) is 0 Å². The Kier molecular flexibility index (Phi) is 5.98. The number of piperidine rings is 1. The molecule has 2 aliphatic rings. The lowest BCUT2D eigenvalue weighted by atomic mass is 10.0. The number of carbonyl (C=O) groups is 4. The topological polar surface area (TPSA) is 108 Å². The molecule has 0 aliphatic carbocycles. The van der Waals surface area contributed by atoms with Gasteiger partial charge in [0.15, 0.2) is 0 Å². The van der Waals surface area contributed by atoms with Crippen molar-refractivity contribution in [2.45, 2.75) is 38.8 Å². The van der Waals surface area contributed by atoms with Crippen LogP contribution in [0.1, 0.15) is 52.5 Å². The van der Waals surface area contributed by atoms with E-state index in [2.05, 4.69) is 22.9 Å². The standard InChI is InChI=1S/C19H24N4O4/c1-2-20-8-3-9-21-11-12-4-5-13-14(10-12)19(27)23(18(13)26)15-6-7-16(24)22-17(15)25/h4-5,10,15,20-21H,2-3,6-9,11H2,1H3,(H,22,24,25). The van der Waals surface area contributed by atoms with Crippen molar-refractivity contribution < 1.29 is 19.2 Å². The van der Waals surface area contributed by atoms with Gasteiger partial charge in [0.05, 0.1) is 11.1 Å². The molecule has 1 fully saturated rings. The van der Waals surface area contributed by atoms with Crippen LogP contribution < -0.4 is 16.0 Å². The van der Waals surface area contributed by atoms with Crippen molar-refractivity contribution in [3.05, 3.63) is 34.9 Å². The molecule has 1 atom stereocenters. The molecule has 8 heteroatoms. The maximum atomic E-state index is 12.7. The molecule has 2 aliphatic heterocycles. The Labute approximate surface area is 157 Å². The molecule has 27 heavy (non-hydrogen) atoms. The third-order valence-electron chi connectivity index (χ3n) is 4.79. The third kappa shape index (κ3) is 4.06. The summed E-state index contributed by atoms with van der Waals surface area (Å²) in [5.74, 6) is -1.92. The molecular weight excluding hydrogens is 348 g/mol. The van der Waals surface area contributed by atoms with E-state index < -0.39 is 23.8 Å². The molecule has 8 nitrogen and oxygen atoms in total. The summed E-state index contributed by atoms with van der Waals surface area (Å²) in [6.45, 7) is 5.40. The zero-order valence-corrected chi connectivity index (χ0v) is 15.3. The van der Waals surface area contributed by atoms with Crippen LogP contribution in [0.5, 0.6) is 0 Å². The molecule has 1 saturated heterocycles. The number of hydrogen-bond donors (Lipinski definition) is 3. The van der Waals surface area contributed by atoms with E-state index in [0.717, 1.165) is 36.5 Å². The summed E-state index contributed by atoms with van der Waals surface area (Å²) in [4.78, 5) is 49.7. The van der Waals surface area contributed by atoms with Gasteiger partial charge in [-0.1, -0.05) is 13.0 Å². The number of hydrogen-bond acceptors (Lipinski definition) is 6. The highest BCUT2D eigenvalue weighted by molar-refractivity contribution is 6.23. The van der Waals surface area contributed by atoms with Crippen LogP contribution in [-0.2, 0) is 16.1 Å². The number of nitrogens with zero attached hydrogens (tertiary/aromatic N) is 1. The Morgan fingerprint density at radius 1 is 1.07 bits per heavy atom. The quantitative estimate of drug-likeness (QED) is 0.444. The highest BCUT2D eigenvalue weighted by Crippen LogP contribution is 2.28. The SMILES string of the molecule is CCNCCCNCc1ccc2c(c1)C(=O)N(C1CCC(=O)NC1=O)C2=O. The van der Waals surface area contributed by atoms with E-state index in [1.165, 1.54) is 0 Å². The molecule has 0 bridgehead atoms. The largest absolute Gasteiger partial charge is 0.317 e. The van der Waals surface area contributed by atoms with Crippen LogP contribution >= 0.6 is 0 Å². The first-order valence-corrected chi connectivity index (χ1v) is 9.29. The lowest BCUT2D eigenvalue weighted by molar-refractivity contribution is -0.136. The molecule has 1 aromatic rings. The van der Waals surface area contributed by atoms with Gasteiger partial charge in [0.1, 0.15) is 6.04 Å². The Bertz CT molecular complexity index is 777. The molecule has 0 aromatic heterocycles. The first-order valence-electron chi connectivity index (χ1n) is 9.29. The van der Waals surface area contributed by atoms with Crippen molar-refractivity contribution in [1.82, 2.24) is 20.9 Å². The normalized spacial score (nSPS) is 19.4. The molecule has 0 spiro atoms. The maximum absolute atomic E-state index is 12.7. The number of benzene rings is 1. The average Bonchev–Trinajstić information content (AvgIpc) is 2.89. The third-order valence-corrected chi connectivity index (χ3v) is 4.79. The van der Waals surface area contributed by atoms with E-state index in [4.69, 9.17) is 0 Å². The van der Waals surface area contributed by atoms with Crippen LogP contribution in [0.2, 0.25) is 0 Å². The van der Waals surface area contributed by atoms with Crippen LogP contribution in [0.3, 0.4) is 0 Å². The minimum atomic E-state index is -0.928. The minimum absolute atomic E-state index is 0.117. The van der Waals surface area contributed by atoms with E-state index in [1.54, 1.807) is 12.1 Å². The number of amides is 4. The number of fused-ring (bicyclic) bond motifs is 1. The summed E-state index contributed by atoms with van der Waals surface area (Å²) < 4.78 is 0. The summed E-state index contributed by atoms with van der Waals surface area (Å²) in [7, 11) is 0. The van der Waals surface area contributed by atoms with Gasteiger partial charge in [0.2, 0.25) is 11.8 Å². The van der Waals surface area contributed by atoms with Crippen molar-refractivity contribution in [3.63, 3.8) is 0 Å². The van der Waals surface area contributed by atoms with Crippen molar-refractivity contribution >= 4 is 23.6 Å². The Morgan fingerprint density at radius 3 is 2.56 bits per heavy atom. The fourth-order valence-electron chi connectivity index (χ4n) is 3.38. The number of rotatable bonds is 8. The fraction of sp³-hybridized carbons (Fsp3) is 0.474. The van der Waals surface area contributed by atoms with Gasteiger partial charge in [-0.2, -0.15) is 0 Å². The van der Waals surface area contributed by atoms with Gasteiger partial charge in [-0.15, -0.1) is 0 Å². The molecule has 0 radical (unpaired) electrons. The van der Waals surface area contributed by atoms with Crippen LogP contribution in [0, 0.1) is 0 Å². The molecule has 3 rings (SSSR count). The molecule has 3 N–H and O–H groups in total. The Hall–Kier alpha value is -2.58. The predicted molar refractivity (Wildman–Crippen MR) is 98.0 cm³/mol. The van der Waals surface area contributed by atoms with Gasteiger partial charge in [-0.05, 0) is 50.2 Å². The Morgan fingerprint density at radius 2 is 1.81 bits per heavy atom. The average molecular weight is 372 g/mol. The predicted octanol–water partition coefficient (Wildman–Crippen LogP) is 0.177. The molecule has 1 aromatic carbocycles. The molecule has 144 valence electrons. The van der Waals surface area contributed by atoms with E-state index in [9.17, 15) is 19.2 Å². The van der Waals surface area contributed by atoms with Gasteiger partial charge >= 0.3 is 0 Å². The van der Waals surface area contributed by atoms with Crippen molar-refractivity contribution in [2.75, 3.05) is 19.6 Å². The lowest BCUT2D eigenvalue weighted by Gasteiger charge is -2.27. The molecule has 1 unspecified atom stereocenters. The highest BCUT2D eigenvalue weighted by Gasteiger charge is 2.44. The summed E-state index contributed by atoms with van der Waals surface area (Å²) in [5, 5.41) is 8.76. The van der Waals surface area contributed by atoms with E-state index >= 15 is 0 Å². The van der Waals surface area contributed by atoms with Crippen LogP contribution in [-0.4, -0.2) is 54.2 Å². The first-order chi connectivity index (χ1) is 13.0. The second kappa shape index (κ2) is 8.41. The maximum Gasteiger partial charge on any atom is 0.262 e. The summed E-state index contributed by atoms with van der Waals surface area (Å²) in [6.07, 6.45) is 1.28. The van der Waals surface area contributed by atoms with Crippen LogP contribution in [0.4, 0.5) is 0 Å². The van der Waals surface area contributed by atoms with E-state index in [0.29, 0.717) is 17.7 Å². The first kappa shape index (κ1) is 19.2. The zero-order chi connectivity index (χ0) is 19.4. The summed E-state index contributed by atoms with van der Waals surface area (Å²) >= 11 is 0. The van der Waals surface area contributed by atoms with Crippen molar-refractivity contribution in [2.24, 2.45) is 0 Å². The smallest absolute Gasteiger partial charge is 0.262 e. The summed E-state index contributed by atoms with van der Waals surface area (Å²) in [5.41, 5.74) is 1.53. The highest BCUT2D eigenvalue weighted by atomic mass is 16.2. The molecule has 4 amide bonds. The van der Waals surface area contributed by atoms with Gasteiger partial charge in [-0.25, -0.2) is 0 Å². The number of imide groups is 2. The monoisotopic (exact) mass is 372 g/mol. The van der Waals surface area contributed by atoms with Gasteiger partial charge in [-0.3, -0.25) is 29.4 Å².